The van der Waals surface area contributed by atoms with Crippen LogP contribution in [-0.2, 0) is 99.9 Å². The molecular weight excluding hydrogens is 1820 g/mol. The van der Waals surface area contributed by atoms with E-state index in [1.165, 1.54) is 111 Å². The van der Waals surface area contributed by atoms with Crippen LogP contribution in [0, 0.1) is 11.8 Å². The Balaban J connectivity index is 0.609. The summed E-state index contributed by atoms with van der Waals surface area (Å²) in [5.74, 6) is -3.06. The molecule has 0 atom stereocenters. The number of pyridine rings is 2. The molecule has 4 aromatic heterocycles. The minimum absolute atomic E-state index is 0.00843. The van der Waals surface area contributed by atoms with Gasteiger partial charge in [0.15, 0.2) is 23.1 Å². The van der Waals surface area contributed by atoms with E-state index in [0.29, 0.717) is 36.7 Å². The molecule has 0 bridgehead atoms. The molecule has 2 saturated carbocycles. The van der Waals surface area contributed by atoms with Crippen molar-refractivity contribution in [2.45, 2.75) is 99.2 Å². The summed E-state index contributed by atoms with van der Waals surface area (Å²) < 4.78 is 168. The van der Waals surface area contributed by atoms with Gasteiger partial charge in [0, 0.05) is 70.3 Å². The Morgan fingerprint density at radius 2 is 0.779 bits per heavy atom. The highest BCUT2D eigenvalue weighted by Crippen LogP contribution is 2.50. The number of aryl methyl sites for hydroxylation is 2. The minimum Gasteiger partial charge on any atom is -0.368 e. The molecule has 12 aromatic rings. The van der Waals surface area contributed by atoms with Crippen LogP contribution in [0.2, 0.25) is 0 Å². The van der Waals surface area contributed by atoms with Crippen molar-refractivity contribution >= 4 is 177 Å². The van der Waals surface area contributed by atoms with Gasteiger partial charge >= 0.3 is 0 Å². The molecule has 4 heterocycles. The number of aromatic nitrogens is 8. The summed E-state index contributed by atoms with van der Waals surface area (Å²) in [6, 6.07) is 32.2. The molecule has 2 fully saturated rings. The summed E-state index contributed by atoms with van der Waals surface area (Å²) in [5, 5.41) is 23.8. The van der Waals surface area contributed by atoms with Crippen molar-refractivity contribution in [3.63, 3.8) is 0 Å². The Bertz CT molecular complexity index is 7560. The number of nitrogens with one attached hydrogen (secondary N) is 6. The summed E-state index contributed by atoms with van der Waals surface area (Å²) in [6.45, 7) is 0. The summed E-state index contributed by atoms with van der Waals surface area (Å²) in [7, 11) is -14.5. The van der Waals surface area contributed by atoms with Gasteiger partial charge in [-0.15, -0.1) is 4.33 Å². The number of nitrogens with two attached hydrogens (primary N) is 2. The van der Waals surface area contributed by atoms with Gasteiger partial charge in [-0.1, -0.05) is 77.8 Å². The Morgan fingerprint density at radius 3 is 1.18 bits per heavy atom. The summed E-state index contributed by atoms with van der Waals surface area (Å²) in [6.07, 6.45) is 7.12. The van der Waals surface area contributed by atoms with Crippen LogP contribution >= 0.6 is 12.0 Å². The predicted octanol–water partition coefficient (Wildman–Crippen LogP) is 11.0. The van der Waals surface area contributed by atoms with Crippen LogP contribution in [0.4, 0.5) is 69.8 Å². The Kier molecular flexibility index (Phi) is 25.2. The monoisotopic (exact) mass is 1900 g/mol. The van der Waals surface area contributed by atoms with E-state index in [4.69, 9.17) is 41.8 Å². The van der Waals surface area contributed by atoms with Crippen molar-refractivity contribution in [2.75, 3.05) is 86.0 Å². The minimum atomic E-state index is -4.89. The van der Waals surface area contributed by atoms with Crippen LogP contribution in [-0.4, -0.2) is 159 Å². The van der Waals surface area contributed by atoms with Gasteiger partial charge in [0.25, 0.3) is 61.7 Å². The maximum atomic E-state index is 15.1. The van der Waals surface area contributed by atoms with Crippen LogP contribution in [0.3, 0.4) is 0 Å². The SMILES string of the molecule is COOOSc1cc(S(=O)(=O)OC)c(Nc2ccc3c4c2C(=O)c2ccccc2-c4c(C(=O)c2cccc(S(=O)(=O)OC)c2)c(=O)n3C)cc1Nc1nc(N)nc(NC2CCC(CC3CCC(Nc4nc(N)nc(Nc5cc(Nc6ccc7c8c6C(=O)c6ccccc6-c8c(C(=O)c6cccc(S(=O)(=O)OC)c6)c(=O)n7C)c(S(=O)(=O)OC)cc5S(=O)(=O)OC)n4)CC3)CC2)n1. The molecule has 46 heteroatoms. The van der Waals surface area contributed by atoms with E-state index in [0.717, 1.165) is 109 Å². The van der Waals surface area contributed by atoms with E-state index in [2.05, 4.69) is 66.7 Å². The van der Waals surface area contributed by atoms with Gasteiger partial charge in [-0.25, -0.2) is 4.89 Å². The third-order valence-corrected chi connectivity index (χ3v) is 30.5. The molecule has 16 rings (SSSR count). The Morgan fingerprint density at radius 1 is 0.405 bits per heavy atom. The lowest BCUT2D eigenvalue weighted by Crippen LogP contribution is -2.30. The summed E-state index contributed by atoms with van der Waals surface area (Å²) in [4.78, 5) is 118. The van der Waals surface area contributed by atoms with Crippen LogP contribution in [0.1, 0.15) is 121 Å². The van der Waals surface area contributed by atoms with E-state index < -0.39 is 111 Å². The Labute approximate surface area is 752 Å². The number of anilines is 12. The van der Waals surface area contributed by atoms with E-state index in [-0.39, 0.29) is 174 Å². The smallest absolute Gasteiger partial charge is 0.298 e. The highest BCUT2D eigenvalue weighted by Gasteiger charge is 2.40. The zero-order valence-electron chi connectivity index (χ0n) is 70.5. The number of rotatable bonds is 32. The van der Waals surface area contributed by atoms with Crippen LogP contribution in [0.5, 0.6) is 0 Å². The summed E-state index contributed by atoms with van der Waals surface area (Å²) in [5.41, 5.74) is 9.70. The van der Waals surface area contributed by atoms with E-state index in [1.54, 1.807) is 36.4 Å². The molecule has 8 aromatic carbocycles. The van der Waals surface area contributed by atoms with Crippen LogP contribution < -0.4 is 54.5 Å². The van der Waals surface area contributed by atoms with Gasteiger partial charge in [-0.3, -0.25) is 49.7 Å². The molecule has 0 radical (unpaired) electrons. The number of ketones is 4. The van der Waals surface area contributed by atoms with Crippen molar-refractivity contribution in [3.8, 4) is 22.3 Å². The topological polar surface area (TPSA) is 558 Å². The molecular formula is C85H80N16O24S6. The summed E-state index contributed by atoms with van der Waals surface area (Å²) >= 11 is 0.515. The number of hydrogen-bond donors (Lipinski definition) is 8. The molecule has 4 aliphatic rings. The molecule has 0 aliphatic heterocycles. The average molecular weight is 1900 g/mol. The second-order valence-electron chi connectivity index (χ2n) is 30.8. The van der Waals surface area contributed by atoms with Crippen molar-refractivity contribution in [1.82, 2.24) is 39.0 Å². The van der Waals surface area contributed by atoms with Crippen molar-refractivity contribution in [3.05, 3.63) is 211 Å². The first-order chi connectivity index (χ1) is 62.5. The molecule has 0 spiro atoms. The zero-order chi connectivity index (χ0) is 93.2. The molecule has 131 heavy (non-hydrogen) atoms. The first kappa shape index (κ1) is 91.4. The lowest BCUT2D eigenvalue weighted by Gasteiger charge is -2.34. The molecule has 0 amide bonds. The fourth-order valence-electron chi connectivity index (χ4n) is 17.1. The van der Waals surface area contributed by atoms with Crippen molar-refractivity contribution in [2.24, 2.45) is 25.9 Å². The number of fused-ring (bicyclic) bond motifs is 4. The second kappa shape index (κ2) is 36.1. The van der Waals surface area contributed by atoms with Gasteiger partial charge in [-0.2, -0.15) is 72.0 Å². The van der Waals surface area contributed by atoms with Gasteiger partial charge in [-0.05, 0) is 154 Å². The second-order valence-corrected chi connectivity index (χ2v) is 40.0. The number of nitrogen functional groups attached to an aromatic ring is 2. The number of carbonyl (C=O) groups excluding carboxylic acids is 4. The van der Waals surface area contributed by atoms with E-state index in [9.17, 15) is 61.3 Å². The third-order valence-electron chi connectivity index (χ3n) is 23.3. The fraction of sp³-hybridized carbons (Fsp3) is 0.247. The quantitative estimate of drug-likeness (QED) is 0.00485. The fourth-order valence-corrected chi connectivity index (χ4v) is 21.6. The van der Waals surface area contributed by atoms with Crippen molar-refractivity contribution in [1.29, 1.82) is 0 Å². The lowest BCUT2D eigenvalue weighted by atomic mass is 9.75. The van der Waals surface area contributed by atoms with E-state index >= 15 is 9.59 Å². The standard InChI is InChI=1S/C85H80N16O24S6/c1-100-60-33-31-54(68-70(60)66(50-19-9-11-21-52(50)76(68)104)72(78(100)106)74(102)44-15-13-17-48(36-44)127(108,109)119-4)90-57-38-56(62(126-125-124-118-3)40-63(57)129(112,113)121-6)92-84-96-80(86)94-82(98-84)88-46-27-23-42(24-28-46)35-43-25-29-47(30-26-43)89-83-95-81(87)97-85(99-83)93-59-39-58(64(130(114,115)122-7)41-65(59)131(116,117)123-8)91-55-32-34-61-71-67(51-20-10-12-22-53(51)77(105)69(55)71)73(79(107)101(61)2)75(103)45-16-14-18-49(37-45)128(110,111)120-5/h9-22,31-34,36-43,46-47,90-91H,23-30,35H2,1-8H3,(H4,86,88,92,94,96,98)(H4,87,89,93,95,97,99). The third kappa shape index (κ3) is 17.6. The predicted molar refractivity (Wildman–Crippen MR) is 480 cm³/mol. The number of benzene rings is 8. The molecule has 4 aliphatic carbocycles. The largest absolute Gasteiger partial charge is 0.368 e. The number of nitrogens with zero attached hydrogens (tertiary/aromatic N) is 8. The van der Waals surface area contributed by atoms with Gasteiger partial charge in [0.2, 0.25) is 35.7 Å². The van der Waals surface area contributed by atoms with Crippen LogP contribution in [0.15, 0.2) is 185 Å². The zero-order valence-corrected chi connectivity index (χ0v) is 75.4. The van der Waals surface area contributed by atoms with Gasteiger partial charge in [0.05, 0.1) is 137 Å². The highest BCUT2D eigenvalue weighted by molar-refractivity contribution is 7.94. The molecule has 0 saturated heterocycles. The molecule has 10 N–H and O–H groups in total. The molecule has 680 valence electrons. The van der Waals surface area contributed by atoms with Gasteiger partial charge < -0.3 is 52.5 Å². The first-order valence-electron chi connectivity index (χ1n) is 40.0. The lowest BCUT2D eigenvalue weighted by molar-refractivity contribution is -0.447. The first-order valence-corrected chi connectivity index (χ1v) is 47.8. The Hall–Kier alpha value is -12.9. The number of carbonyl (C=O) groups is 4. The van der Waals surface area contributed by atoms with Crippen molar-refractivity contribution < 1.29 is 96.4 Å². The maximum absolute atomic E-state index is 15.1. The number of hydrogen-bond acceptors (Lipinski definition) is 39. The molecule has 40 nitrogen and oxygen atoms in total. The van der Waals surface area contributed by atoms with Crippen LogP contribution in [0.25, 0.3) is 44.1 Å². The normalized spacial score (nSPS) is 16.2. The maximum Gasteiger partial charge on any atom is 0.298 e. The van der Waals surface area contributed by atoms with Gasteiger partial charge in [0.1, 0.15) is 14.7 Å². The highest BCUT2D eigenvalue weighted by atomic mass is 32.2. The van der Waals surface area contributed by atoms with E-state index in [1.807, 2.05) is 0 Å². The molecule has 0 unspecified atom stereocenters. The average Bonchev–Trinajstić information content (AvgIpc) is 0.707.